The number of aliphatic carboxylic acids is 1. The highest BCUT2D eigenvalue weighted by molar-refractivity contribution is 5.81. The molecule has 0 fully saturated rings. The largest absolute Gasteiger partial charge is 0.481 e. The van der Waals surface area contributed by atoms with Gasteiger partial charge in [0.15, 0.2) is 0 Å². The third-order valence-corrected chi connectivity index (χ3v) is 1.77. The summed E-state index contributed by atoms with van der Waals surface area (Å²) in [5.41, 5.74) is 0.862. The molecule has 0 spiro atoms. The first-order valence-electron chi connectivity index (χ1n) is 4.76. The molecule has 0 radical (unpaired) electrons. The van der Waals surface area contributed by atoms with Crippen molar-refractivity contribution in [3.05, 3.63) is 36.3 Å². The second kappa shape index (κ2) is 6.34. The van der Waals surface area contributed by atoms with Crippen molar-refractivity contribution >= 4 is 18.0 Å². The Balaban J connectivity index is 2.32. The standard InChI is InChI=1S/C11H12N2O3/c14-10(3-4-11(15)16)13-7-5-9-2-1-6-12-8-9/h1-2,5-8H,3-4H2,(H,13,14)(H,15,16)/b7-5+. The molecule has 0 saturated carbocycles. The van der Waals surface area contributed by atoms with Gasteiger partial charge in [-0.15, -0.1) is 0 Å². The fourth-order valence-corrected chi connectivity index (χ4v) is 0.998. The number of carbonyl (C=O) groups is 2. The van der Waals surface area contributed by atoms with Gasteiger partial charge in [0.2, 0.25) is 5.91 Å². The van der Waals surface area contributed by atoms with Crippen LogP contribution in [-0.2, 0) is 9.59 Å². The van der Waals surface area contributed by atoms with Crippen LogP contribution in [-0.4, -0.2) is 22.0 Å². The summed E-state index contributed by atoms with van der Waals surface area (Å²) in [4.78, 5) is 25.2. The van der Waals surface area contributed by atoms with Gasteiger partial charge in [0, 0.05) is 25.0 Å². The Kier molecular flexibility index (Phi) is 4.72. The molecule has 0 bridgehead atoms. The maximum Gasteiger partial charge on any atom is 0.303 e. The van der Waals surface area contributed by atoms with E-state index in [1.54, 1.807) is 24.5 Å². The predicted molar refractivity (Wildman–Crippen MR) is 58.3 cm³/mol. The lowest BCUT2D eigenvalue weighted by Crippen LogP contribution is -2.17. The van der Waals surface area contributed by atoms with Crippen molar-refractivity contribution in [2.45, 2.75) is 12.8 Å². The predicted octanol–water partition coefficient (Wildman–Crippen LogP) is 1.03. The molecule has 1 heterocycles. The first kappa shape index (κ1) is 11.9. The quantitative estimate of drug-likeness (QED) is 0.776. The van der Waals surface area contributed by atoms with E-state index in [0.717, 1.165) is 5.56 Å². The zero-order valence-electron chi connectivity index (χ0n) is 8.59. The summed E-state index contributed by atoms with van der Waals surface area (Å²) < 4.78 is 0. The maximum atomic E-state index is 11.1. The average molecular weight is 220 g/mol. The molecule has 0 aliphatic heterocycles. The lowest BCUT2D eigenvalue weighted by atomic mass is 10.3. The molecule has 84 valence electrons. The second-order valence-electron chi connectivity index (χ2n) is 3.08. The van der Waals surface area contributed by atoms with Gasteiger partial charge in [-0.25, -0.2) is 0 Å². The number of nitrogens with zero attached hydrogens (tertiary/aromatic N) is 1. The van der Waals surface area contributed by atoms with Crippen molar-refractivity contribution in [2.24, 2.45) is 0 Å². The van der Waals surface area contributed by atoms with Crippen LogP contribution in [0.2, 0.25) is 0 Å². The normalized spacial score (nSPS) is 10.2. The smallest absolute Gasteiger partial charge is 0.303 e. The minimum Gasteiger partial charge on any atom is -0.481 e. The van der Waals surface area contributed by atoms with Crippen LogP contribution in [0.25, 0.3) is 6.08 Å². The number of hydrogen-bond acceptors (Lipinski definition) is 3. The summed E-state index contributed by atoms with van der Waals surface area (Å²) in [6.07, 6.45) is 6.29. The zero-order chi connectivity index (χ0) is 11.8. The van der Waals surface area contributed by atoms with Crippen molar-refractivity contribution in [1.82, 2.24) is 10.3 Å². The van der Waals surface area contributed by atoms with Crippen LogP contribution in [0.15, 0.2) is 30.7 Å². The summed E-state index contributed by atoms with van der Waals surface area (Å²) in [5, 5.41) is 10.8. The molecule has 0 aliphatic rings. The van der Waals surface area contributed by atoms with E-state index in [2.05, 4.69) is 10.3 Å². The molecule has 0 unspecified atom stereocenters. The Hall–Kier alpha value is -2.17. The first-order chi connectivity index (χ1) is 7.68. The molecule has 0 atom stereocenters. The van der Waals surface area contributed by atoms with Crippen LogP contribution in [0, 0.1) is 0 Å². The van der Waals surface area contributed by atoms with Gasteiger partial charge in [-0.1, -0.05) is 6.07 Å². The number of carboxylic acids is 1. The van der Waals surface area contributed by atoms with Crippen molar-refractivity contribution in [3.63, 3.8) is 0 Å². The van der Waals surface area contributed by atoms with Gasteiger partial charge < -0.3 is 10.4 Å². The van der Waals surface area contributed by atoms with Gasteiger partial charge in [-0.05, 0) is 17.7 Å². The van der Waals surface area contributed by atoms with Crippen LogP contribution >= 0.6 is 0 Å². The molecule has 0 aromatic carbocycles. The highest BCUT2D eigenvalue weighted by Crippen LogP contribution is 1.97. The fourth-order valence-electron chi connectivity index (χ4n) is 0.998. The van der Waals surface area contributed by atoms with Crippen molar-refractivity contribution in [1.29, 1.82) is 0 Å². The molecular weight excluding hydrogens is 208 g/mol. The Bertz CT molecular complexity index is 387. The van der Waals surface area contributed by atoms with Gasteiger partial charge in [0.1, 0.15) is 0 Å². The van der Waals surface area contributed by atoms with E-state index in [-0.39, 0.29) is 18.7 Å². The Labute approximate surface area is 92.8 Å². The van der Waals surface area contributed by atoms with E-state index in [1.165, 1.54) is 6.20 Å². The van der Waals surface area contributed by atoms with E-state index in [4.69, 9.17) is 5.11 Å². The van der Waals surface area contributed by atoms with Gasteiger partial charge in [0.25, 0.3) is 0 Å². The highest BCUT2D eigenvalue weighted by atomic mass is 16.4. The Morgan fingerprint density at radius 3 is 2.88 bits per heavy atom. The molecule has 0 aliphatic carbocycles. The van der Waals surface area contributed by atoms with Crippen LogP contribution in [0.4, 0.5) is 0 Å². The molecule has 0 saturated heterocycles. The van der Waals surface area contributed by atoms with Crippen molar-refractivity contribution in [3.8, 4) is 0 Å². The summed E-state index contributed by atoms with van der Waals surface area (Å²) in [5.74, 6) is -1.30. The summed E-state index contributed by atoms with van der Waals surface area (Å²) in [7, 11) is 0. The molecular formula is C11H12N2O3. The number of pyridine rings is 1. The minimum atomic E-state index is -0.980. The van der Waals surface area contributed by atoms with Crippen LogP contribution in [0.5, 0.6) is 0 Å². The third kappa shape index (κ3) is 4.90. The van der Waals surface area contributed by atoms with E-state index in [0.29, 0.717) is 0 Å². The van der Waals surface area contributed by atoms with E-state index in [1.807, 2.05) is 6.07 Å². The second-order valence-corrected chi connectivity index (χ2v) is 3.08. The Morgan fingerprint density at radius 2 is 2.25 bits per heavy atom. The van der Waals surface area contributed by atoms with E-state index >= 15 is 0 Å². The van der Waals surface area contributed by atoms with Gasteiger partial charge >= 0.3 is 5.97 Å². The lowest BCUT2D eigenvalue weighted by molar-refractivity contribution is -0.138. The summed E-state index contributed by atoms with van der Waals surface area (Å²) in [6.45, 7) is 0. The van der Waals surface area contributed by atoms with Crippen LogP contribution < -0.4 is 5.32 Å². The number of rotatable bonds is 5. The first-order valence-corrected chi connectivity index (χ1v) is 4.76. The number of hydrogen-bond donors (Lipinski definition) is 2. The third-order valence-electron chi connectivity index (χ3n) is 1.77. The van der Waals surface area contributed by atoms with Crippen molar-refractivity contribution in [2.75, 3.05) is 0 Å². The number of amides is 1. The van der Waals surface area contributed by atoms with Crippen LogP contribution in [0.3, 0.4) is 0 Å². The van der Waals surface area contributed by atoms with E-state index < -0.39 is 5.97 Å². The monoisotopic (exact) mass is 220 g/mol. The molecule has 1 aromatic rings. The molecule has 5 heteroatoms. The molecule has 1 aromatic heterocycles. The maximum absolute atomic E-state index is 11.1. The average Bonchev–Trinajstić information content (AvgIpc) is 2.28. The SMILES string of the molecule is O=C(O)CCC(=O)N/C=C/c1cccnc1. The topological polar surface area (TPSA) is 79.3 Å². The highest BCUT2D eigenvalue weighted by Gasteiger charge is 2.02. The number of aromatic nitrogens is 1. The zero-order valence-corrected chi connectivity index (χ0v) is 8.59. The van der Waals surface area contributed by atoms with Gasteiger partial charge in [-0.2, -0.15) is 0 Å². The van der Waals surface area contributed by atoms with Crippen LogP contribution in [0.1, 0.15) is 18.4 Å². The minimum absolute atomic E-state index is 0.0211. The molecule has 1 rings (SSSR count). The lowest BCUT2D eigenvalue weighted by Gasteiger charge is -1.97. The summed E-state index contributed by atoms with van der Waals surface area (Å²) >= 11 is 0. The molecule has 16 heavy (non-hydrogen) atoms. The molecule has 5 nitrogen and oxygen atoms in total. The fraction of sp³-hybridized carbons (Fsp3) is 0.182. The molecule has 1 amide bonds. The number of nitrogens with one attached hydrogen (secondary N) is 1. The number of carboxylic acid groups (broad SMARTS) is 1. The number of carbonyl (C=O) groups excluding carboxylic acids is 1. The van der Waals surface area contributed by atoms with E-state index in [9.17, 15) is 9.59 Å². The van der Waals surface area contributed by atoms with Gasteiger partial charge in [0.05, 0.1) is 6.42 Å². The van der Waals surface area contributed by atoms with Crippen molar-refractivity contribution < 1.29 is 14.7 Å². The molecule has 2 N–H and O–H groups in total. The van der Waals surface area contributed by atoms with Gasteiger partial charge in [-0.3, -0.25) is 14.6 Å². The summed E-state index contributed by atoms with van der Waals surface area (Å²) in [6, 6.07) is 3.62. The Morgan fingerprint density at radius 1 is 1.44 bits per heavy atom.